The fourth-order valence-corrected chi connectivity index (χ4v) is 3.38. The number of nitrogens with one attached hydrogen (secondary N) is 1. The van der Waals surface area contributed by atoms with Gasteiger partial charge in [0.15, 0.2) is 0 Å². The molecule has 0 fully saturated rings. The number of carbonyl (C=O) groups is 1. The maximum atomic E-state index is 11.2. The van der Waals surface area contributed by atoms with Gasteiger partial charge in [0.2, 0.25) is 5.88 Å². The van der Waals surface area contributed by atoms with Gasteiger partial charge in [0, 0.05) is 16.5 Å². The maximum Gasteiger partial charge on any atom is 0.335 e. The molecule has 0 spiro atoms. The Morgan fingerprint density at radius 3 is 2.41 bits per heavy atom. The predicted molar refractivity (Wildman–Crippen MR) is 109 cm³/mol. The van der Waals surface area contributed by atoms with Gasteiger partial charge in [-0.1, -0.05) is 0 Å². The number of phenols is 1. The molecule has 2 aromatic carbocycles. The lowest BCUT2D eigenvalue weighted by Crippen LogP contribution is -1.97. The first-order valence-electron chi connectivity index (χ1n) is 8.96. The molecule has 0 aliphatic carbocycles. The number of benzene rings is 2. The minimum absolute atomic E-state index is 0.221. The average molecular weight is 389 g/mol. The number of fused-ring (bicyclic) bond motifs is 1. The number of aromatic hydroxyl groups is 1. The number of carboxylic acids is 1. The molecule has 0 amide bonds. The molecular formula is C22H19N3O4. The molecule has 146 valence electrons. The summed E-state index contributed by atoms with van der Waals surface area (Å²) in [6, 6.07) is 12.3. The van der Waals surface area contributed by atoms with E-state index in [0.717, 1.165) is 33.3 Å². The van der Waals surface area contributed by atoms with E-state index in [1.54, 1.807) is 18.2 Å². The lowest BCUT2D eigenvalue weighted by atomic mass is 10.0. The number of aromatic nitrogens is 3. The number of ether oxygens (including phenoxy) is 1. The quantitative estimate of drug-likeness (QED) is 0.480. The van der Waals surface area contributed by atoms with Crippen molar-refractivity contribution in [3.05, 3.63) is 59.2 Å². The number of carboxylic acid groups (broad SMARTS) is 1. The zero-order chi connectivity index (χ0) is 20.7. The first kappa shape index (κ1) is 18.5. The van der Waals surface area contributed by atoms with Crippen LogP contribution < -0.4 is 4.74 Å². The summed E-state index contributed by atoms with van der Waals surface area (Å²) in [6.07, 6.45) is 0. The topological polar surface area (TPSA) is 108 Å². The van der Waals surface area contributed by atoms with Gasteiger partial charge in [0.1, 0.15) is 5.75 Å². The lowest BCUT2D eigenvalue weighted by Gasteiger charge is -2.10. The van der Waals surface area contributed by atoms with Crippen LogP contribution in [0.15, 0.2) is 42.5 Å². The minimum atomic E-state index is -0.974. The van der Waals surface area contributed by atoms with Crippen molar-refractivity contribution in [2.75, 3.05) is 7.11 Å². The monoisotopic (exact) mass is 389 g/mol. The summed E-state index contributed by atoms with van der Waals surface area (Å²) >= 11 is 0. The Morgan fingerprint density at radius 2 is 1.76 bits per heavy atom. The summed E-state index contributed by atoms with van der Waals surface area (Å²) in [7, 11) is 1.52. The van der Waals surface area contributed by atoms with Crippen molar-refractivity contribution in [2.45, 2.75) is 13.8 Å². The summed E-state index contributed by atoms with van der Waals surface area (Å²) in [5, 5.41) is 28.5. The molecule has 29 heavy (non-hydrogen) atoms. The molecule has 0 unspecified atom stereocenters. The molecule has 3 N–H and O–H groups in total. The fourth-order valence-electron chi connectivity index (χ4n) is 3.38. The molecule has 4 rings (SSSR count). The van der Waals surface area contributed by atoms with Crippen molar-refractivity contribution in [3.63, 3.8) is 0 Å². The first-order chi connectivity index (χ1) is 13.9. The van der Waals surface area contributed by atoms with Crippen molar-refractivity contribution < 1.29 is 19.7 Å². The highest BCUT2D eigenvalue weighted by Crippen LogP contribution is 2.34. The Hall–Kier alpha value is -3.87. The van der Waals surface area contributed by atoms with Crippen molar-refractivity contribution in [2.24, 2.45) is 0 Å². The second-order valence-electron chi connectivity index (χ2n) is 6.90. The third-order valence-electron chi connectivity index (χ3n) is 4.90. The molecule has 0 saturated heterocycles. The van der Waals surface area contributed by atoms with E-state index >= 15 is 0 Å². The van der Waals surface area contributed by atoms with E-state index in [4.69, 9.17) is 4.74 Å². The fraction of sp³-hybridized carbons (Fsp3) is 0.136. The molecule has 7 nitrogen and oxygen atoms in total. The molecule has 2 heterocycles. The molecule has 0 saturated carbocycles. The molecule has 0 aliphatic heterocycles. The van der Waals surface area contributed by atoms with Crippen LogP contribution in [0, 0.1) is 13.8 Å². The third-order valence-corrected chi connectivity index (χ3v) is 4.90. The number of aromatic carboxylic acids is 1. The Kier molecular flexibility index (Phi) is 4.43. The molecule has 0 aliphatic rings. The number of methoxy groups -OCH3 is 1. The van der Waals surface area contributed by atoms with Gasteiger partial charge in [-0.15, -0.1) is 10.2 Å². The molecule has 0 bridgehead atoms. The van der Waals surface area contributed by atoms with E-state index in [2.05, 4.69) is 15.2 Å². The van der Waals surface area contributed by atoms with Crippen LogP contribution in [0.25, 0.3) is 33.4 Å². The third kappa shape index (κ3) is 3.27. The van der Waals surface area contributed by atoms with E-state index in [-0.39, 0.29) is 11.3 Å². The number of rotatable bonds is 4. The van der Waals surface area contributed by atoms with E-state index < -0.39 is 5.97 Å². The van der Waals surface area contributed by atoms with Crippen molar-refractivity contribution >= 4 is 16.9 Å². The second kappa shape index (κ2) is 6.94. The molecule has 0 atom stereocenters. The van der Waals surface area contributed by atoms with Gasteiger partial charge < -0.3 is 19.9 Å². The molecule has 4 aromatic rings. The smallest absolute Gasteiger partial charge is 0.335 e. The molecule has 7 heteroatoms. The normalized spacial score (nSPS) is 11.0. The van der Waals surface area contributed by atoms with Gasteiger partial charge in [-0.05, 0) is 67.4 Å². The summed E-state index contributed by atoms with van der Waals surface area (Å²) in [5.41, 5.74) is 5.45. The van der Waals surface area contributed by atoms with Crippen LogP contribution in [0.5, 0.6) is 11.6 Å². The number of aromatic amines is 1. The highest BCUT2D eigenvalue weighted by molar-refractivity contribution is 5.95. The van der Waals surface area contributed by atoms with Crippen molar-refractivity contribution in [1.29, 1.82) is 0 Å². The lowest BCUT2D eigenvalue weighted by molar-refractivity contribution is 0.0697. The Bertz CT molecular complexity index is 1240. The van der Waals surface area contributed by atoms with Crippen LogP contribution in [0.2, 0.25) is 0 Å². The Morgan fingerprint density at radius 1 is 1.03 bits per heavy atom. The molecule has 2 aromatic heterocycles. The maximum absolute atomic E-state index is 11.2. The zero-order valence-corrected chi connectivity index (χ0v) is 16.1. The van der Waals surface area contributed by atoms with E-state index in [0.29, 0.717) is 17.1 Å². The van der Waals surface area contributed by atoms with Gasteiger partial charge in [0.05, 0.1) is 29.6 Å². The van der Waals surface area contributed by atoms with Crippen molar-refractivity contribution in [1.82, 2.24) is 15.2 Å². The van der Waals surface area contributed by atoms with Crippen molar-refractivity contribution in [3.8, 4) is 34.1 Å². The van der Waals surface area contributed by atoms with Crippen LogP contribution in [0.1, 0.15) is 21.5 Å². The SMILES string of the molecule is COc1nnc(-c2cc(C)c(O)c(C)c2)cc1-c1cc2cc(C(=O)O)ccc2[nH]1. The number of aryl methyl sites for hydroxylation is 2. The van der Waals surface area contributed by atoms with Gasteiger partial charge in [0.25, 0.3) is 0 Å². The number of H-pyrrole nitrogens is 1. The standard InChI is InChI=1S/C22H19N3O4/c1-11-6-14(7-12(2)20(11)26)18-10-16(21(29-3)25-24-18)19-9-15-8-13(22(27)28)4-5-17(15)23-19/h4-10,23,26H,1-3H3,(H,27,28). The molecular weight excluding hydrogens is 370 g/mol. The van der Waals surface area contributed by atoms with Crippen LogP contribution in [-0.4, -0.2) is 38.5 Å². The predicted octanol–water partition coefficient (Wildman–Crippen LogP) is 4.32. The van der Waals surface area contributed by atoms with Gasteiger partial charge in [-0.3, -0.25) is 0 Å². The average Bonchev–Trinajstić information content (AvgIpc) is 3.14. The number of hydrogen-bond donors (Lipinski definition) is 3. The summed E-state index contributed by atoms with van der Waals surface area (Å²) in [5.74, 6) is -0.357. The van der Waals surface area contributed by atoms with Crippen LogP contribution in [-0.2, 0) is 0 Å². The summed E-state index contributed by atoms with van der Waals surface area (Å²) in [6.45, 7) is 3.67. The van der Waals surface area contributed by atoms with Crippen LogP contribution in [0.4, 0.5) is 0 Å². The van der Waals surface area contributed by atoms with Crippen LogP contribution >= 0.6 is 0 Å². The van der Waals surface area contributed by atoms with E-state index in [1.807, 2.05) is 38.1 Å². The van der Waals surface area contributed by atoms with Gasteiger partial charge in [-0.25, -0.2) is 4.79 Å². The van der Waals surface area contributed by atoms with E-state index in [1.165, 1.54) is 7.11 Å². The summed E-state index contributed by atoms with van der Waals surface area (Å²) < 4.78 is 5.39. The zero-order valence-electron chi connectivity index (χ0n) is 16.1. The summed E-state index contributed by atoms with van der Waals surface area (Å²) in [4.78, 5) is 14.5. The minimum Gasteiger partial charge on any atom is -0.507 e. The van der Waals surface area contributed by atoms with Gasteiger partial charge in [-0.2, -0.15) is 0 Å². The van der Waals surface area contributed by atoms with E-state index in [9.17, 15) is 15.0 Å². The number of hydrogen-bond acceptors (Lipinski definition) is 5. The largest absolute Gasteiger partial charge is 0.507 e. The highest BCUT2D eigenvalue weighted by atomic mass is 16.5. The van der Waals surface area contributed by atoms with Crippen LogP contribution in [0.3, 0.4) is 0 Å². The number of phenolic OH excluding ortho intramolecular Hbond substituents is 1. The highest BCUT2D eigenvalue weighted by Gasteiger charge is 2.15. The number of nitrogens with zero attached hydrogens (tertiary/aromatic N) is 2. The first-order valence-corrected chi connectivity index (χ1v) is 8.96. The second-order valence-corrected chi connectivity index (χ2v) is 6.90. The Labute approximate surface area is 166 Å². The molecule has 0 radical (unpaired) electrons. The van der Waals surface area contributed by atoms with Gasteiger partial charge >= 0.3 is 5.97 Å². The Balaban J connectivity index is 1.86.